The molecule has 1 N–H and O–H groups in total. The Morgan fingerprint density at radius 2 is 1.35 bits per heavy atom. The SMILES string of the molecule is CCCCCCCCCCCOC(=O)C1(NC(=O)OCCC)CCCC1. The molecule has 1 aliphatic rings. The third-order valence-corrected chi connectivity index (χ3v) is 5.11. The van der Waals surface area contributed by atoms with Gasteiger partial charge in [0.2, 0.25) is 0 Å². The Morgan fingerprint density at radius 3 is 1.92 bits per heavy atom. The highest BCUT2D eigenvalue weighted by Crippen LogP contribution is 2.31. The molecular weight excluding hydrogens is 330 g/mol. The molecule has 0 unspecified atom stereocenters. The summed E-state index contributed by atoms with van der Waals surface area (Å²) in [7, 11) is 0. The van der Waals surface area contributed by atoms with Gasteiger partial charge in [0.25, 0.3) is 0 Å². The van der Waals surface area contributed by atoms with Crippen LogP contribution in [0.2, 0.25) is 0 Å². The highest BCUT2D eigenvalue weighted by atomic mass is 16.6. The lowest BCUT2D eigenvalue weighted by Crippen LogP contribution is -2.53. The van der Waals surface area contributed by atoms with Gasteiger partial charge in [-0.25, -0.2) is 9.59 Å². The van der Waals surface area contributed by atoms with Crippen molar-refractivity contribution < 1.29 is 19.1 Å². The molecule has 0 aromatic carbocycles. The zero-order valence-electron chi connectivity index (χ0n) is 16.9. The molecule has 152 valence electrons. The van der Waals surface area contributed by atoms with Crippen molar-refractivity contribution in [3.8, 4) is 0 Å². The molecule has 1 saturated carbocycles. The molecule has 26 heavy (non-hydrogen) atoms. The van der Waals surface area contributed by atoms with Crippen LogP contribution in [0.5, 0.6) is 0 Å². The molecule has 0 saturated heterocycles. The first kappa shape index (κ1) is 22.8. The molecule has 0 atom stereocenters. The summed E-state index contributed by atoms with van der Waals surface area (Å²) in [6.07, 6.45) is 14.5. The van der Waals surface area contributed by atoms with Gasteiger partial charge in [0, 0.05) is 0 Å². The topological polar surface area (TPSA) is 64.6 Å². The lowest BCUT2D eigenvalue weighted by atomic mass is 9.98. The maximum atomic E-state index is 12.5. The summed E-state index contributed by atoms with van der Waals surface area (Å²) in [5.41, 5.74) is -0.871. The van der Waals surface area contributed by atoms with Gasteiger partial charge in [0.1, 0.15) is 5.54 Å². The van der Waals surface area contributed by atoms with Crippen LogP contribution >= 0.6 is 0 Å². The molecule has 1 rings (SSSR count). The minimum Gasteiger partial charge on any atom is -0.464 e. The third kappa shape index (κ3) is 8.91. The molecular formula is C21H39NO4. The van der Waals surface area contributed by atoms with Crippen LogP contribution in [-0.4, -0.2) is 30.8 Å². The van der Waals surface area contributed by atoms with E-state index in [-0.39, 0.29) is 5.97 Å². The lowest BCUT2D eigenvalue weighted by molar-refractivity contribution is -0.151. The Morgan fingerprint density at radius 1 is 0.769 bits per heavy atom. The number of nitrogens with one attached hydrogen (secondary N) is 1. The summed E-state index contributed by atoms with van der Waals surface area (Å²) >= 11 is 0. The average Bonchev–Trinajstić information content (AvgIpc) is 3.11. The lowest BCUT2D eigenvalue weighted by Gasteiger charge is -2.27. The van der Waals surface area contributed by atoms with E-state index in [1.54, 1.807) is 0 Å². The Kier molecular flexibility index (Phi) is 12.2. The van der Waals surface area contributed by atoms with Gasteiger partial charge in [0.05, 0.1) is 13.2 Å². The van der Waals surface area contributed by atoms with Gasteiger partial charge < -0.3 is 14.8 Å². The number of esters is 1. The van der Waals surface area contributed by atoms with Gasteiger partial charge in [-0.05, 0) is 25.7 Å². The van der Waals surface area contributed by atoms with E-state index in [1.165, 1.54) is 44.9 Å². The Hall–Kier alpha value is -1.26. The summed E-state index contributed by atoms with van der Waals surface area (Å²) in [5, 5.41) is 2.78. The molecule has 0 bridgehead atoms. The van der Waals surface area contributed by atoms with Crippen molar-refractivity contribution >= 4 is 12.1 Å². The van der Waals surface area contributed by atoms with Crippen molar-refractivity contribution in [1.82, 2.24) is 5.32 Å². The van der Waals surface area contributed by atoms with Crippen LogP contribution in [0.25, 0.3) is 0 Å². The molecule has 0 radical (unpaired) electrons. The Balaban J connectivity index is 2.17. The average molecular weight is 370 g/mol. The number of amides is 1. The number of unbranched alkanes of at least 4 members (excludes halogenated alkanes) is 8. The molecule has 0 aliphatic heterocycles. The highest BCUT2D eigenvalue weighted by Gasteiger charge is 2.44. The fraction of sp³-hybridized carbons (Fsp3) is 0.905. The summed E-state index contributed by atoms with van der Waals surface area (Å²) < 4.78 is 10.6. The van der Waals surface area contributed by atoms with E-state index in [1.807, 2.05) is 6.92 Å². The van der Waals surface area contributed by atoms with Crippen LogP contribution in [0.1, 0.15) is 104 Å². The minimum absolute atomic E-state index is 0.289. The number of carbonyl (C=O) groups is 2. The van der Waals surface area contributed by atoms with E-state index in [0.29, 0.717) is 26.1 Å². The van der Waals surface area contributed by atoms with E-state index in [9.17, 15) is 9.59 Å². The van der Waals surface area contributed by atoms with Gasteiger partial charge in [-0.1, -0.05) is 78.1 Å². The van der Waals surface area contributed by atoms with Crippen LogP contribution < -0.4 is 5.32 Å². The van der Waals surface area contributed by atoms with Crippen molar-refractivity contribution in [2.24, 2.45) is 0 Å². The third-order valence-electron chi connectivity index (χ3n) is 5.11. The van der Waals surface area contributed by atoms with E-state index < -0.39 is 11.6 Å². The Bertz CT molecular complexity index is 391. The number of hydrogen-bond donors (Lipinski definition) is 1. The monoisotopic (exact) mass is 369 g/mol. The predicted molar refractivity (Wildman–Crippen MR) is 104 cm³/mol. The molecule has 5 heteroatoms. The number of alkyl carbamates (subject to hydrolysis) is 1. The number of rotatable bonds is 14. The Labute approximate surface area is 159 Å². The first-order chi connectivity index (χ1) is 12.6. The van der Waals surface area contributed by atoms with Crippen LogP contribution in [0.3, 0.4) is 0 Å². The summed E-state index contributed by atoms with van der Waals surface area (Å²) in [6, 6.07) is 0. The zero-order chi connectivity index (χ0) is 19.1. The number of carbonyl (C=O) groups excluding carboxylic acids is 2. The zero-order valence-corrected chi connectivity index (χ0v) is 16.9. The van der Waals surface area contributed by atoms with Crippen molar-refractivity contribution in [2.75, 3.05) is 13.2 Å². The second kappa shape index (κ2) is 13.9. The second-order valence-corrected chi connectivity index (χ2v) is 7.51. The van der Waals surface area contributed by atoms with Crippen molar-refractivity contribution in [1.29, 1.82) is 0 Å². The first-order valence-corrected chi connectivity index (χ1v) is 10.8. The van der Waals surface area contributed by atoms with Crippen LogP contribution in [-0.2, 0) is 14.3 Å². The summed E-state index contributed by atoms with van der Waals surface area (Å²) in [6.45, 7) is 5.00. The van der Waals surface area contributed by atoms with E-state index >= 15 is 0 Å². The van der Waals surface area contributed by atoms with Crippen LogP contribution in [0.15, 0.2) is 0 Å². The first-order valence-electron chi connectivity index (χ1n) is 10.8. The fourth-order valence-corrected chi connectivity index (χ4v) is 3.50. The van der Waals surface area contributed by atoms with E-state index in [2.05, 4.69) is 12.2 Å². The fourth-order valence-electron chi connectivity index (χ4n) is 3.50. The van der Waals surface area contributed by atoms with Gasteiger partial charge in [-0.15, -0.1) is 0 Å². The second-order valence-electron chi connectivity index (χ2n) is 7.51. The smallest absolute Gasteiger partial charge is 0.408 e. The molecule has 0 spiro atoms. The summed E-state index contributed by atoms with van der Waals surface area (Å²) in [4.78, 5) is 24.4. The molecule has 0 aromatic heterocycles. The maximum Gasteiger partial charge on any atom is 0.408 e. The van der Waals surface area contributed by atoms with Crippen molar-refractivity contribution in [2.45, 2.75) is 109 Å². The minimum atomic E-state index is -0.871. The molecule has 0 heterocycles. The number of ether oxygens (including phenoxy) is 2. The normalized spacial score (nSPS) is 15.6. The van der Waals surface area contributed by atoms with Gasteiger partial charge in [0.15, 0.2) is 0 Å². The van der Waals surface area contributed by atoms with Crippen molar-refractivity contribution in [3.63, 3.8) is 0 Å². The van der Waals surface area contributed by atoms with Crippen LogP contribution in [0.4, 0.5) is 4.79 Å². The van der Waals surface area contributed by atoms with Crippen molar-refractivity contribution in [3.05, 3.63) is 0 Å². The van der Waals surface area contributed by atoms with Gasteiger partial charge >= 0.3 is 12.1 Å². The maximum absolute atomic E-state index is 12.5. The largest absolute Gasteiger partial charge is 0.464 e. The summed E-state index contributed by atoms with van der Waals surface area (Å²) in [5.74, 6) is -0.289. The molecule has 0 aromatic rings. The van der Waals surface area contributed by atoms with Gasteiger partial charge in [-0.2, -0.15) is 0 Å². The highest BCUT2D eigenvalue weighted by molar-refractivity contribution is 5.86. The van der Waals surface area contributed by atoms with E-state index in [4.69, 9.17) is 9.47 Å². The van der Waals surface area contributed by atoms with Gasteiger partial charge in [-0.3, -0.25) is 0 Å². The molecule has 5 nitrogen and oxygen atoms in total. The van der Waals surface area contributed by atoms with Crippen LogP contribution in [0, 0.1) is 0 Å². The molecule has 1 amide bonds. The molecule has 1 fully saturated rings. The quantitative estimate of drug-likeness (QED) is 0.324. The predicted octanol–water partition coefficient (Wildman–Crippen LogP) is 5.51. The molecule has 1 aliphatic carbocycles. The standard InChI is InChI=1S/C21H39NO4/c1-3-5-6-7-8-9-10-11-14-18-25-19(23)21(15-12-13-16-21)22-20(24)26-17-4-2/h3-18H2,1-2H3,(H,22,24). The van der Waals surface area contributed by atoms with E-state index in [0.717, 1.165) is 32.1 Å². The number of hydrogen-bond acceptors (Lipinski definition) is 4.